The average molecular weight is 498 g/mol. The molecule has 0 aliphatic carbocycles. The molecule has 2 aliphatic heterocycles. The Bertz CT molecular complexity index is 1280. The molecular formula is C25H21Cl2N3O2S. The van der Waals surface area contributed by atoms with Crippen LogP contribution in [0.1, 0.15) is 11.3 Å². The monoisotopic (exact) mass is 497 g/mol. The van der Waals surface area contributed by atoms with Crippen LogP contribution in [0.3, 0.4) is 0 Å². The predicted molar refractivity (Wildman–Crippen MR) is 137 cm³/mol. The van der Waals surface area contributed by atoms with E-state index in [0.717, 1.165) is 31.3 Å². The third kappa shape index (κ3) is 4.83. The van der Waals surface area contributed by atoms with Crippen LogP contribution in [0.2, 0.25) is 10.0 Å². The van der Waals surface area contributed by atoms with Gasteiger partial charge in [0.15, 0.2) is 5.17 Å². The van der Waals surface area contributed by atoms with Crippen LogP contribution in [0.5, 0.6) is 0 Å². The molecule has 5 nitrogen and oxygen atoms in total. The number of piperazine rings is 1. The first kappa shape index (κ1) is 22.1. The van der Waals surface area contributed by atoms with Gasteiger partial charge in [0.2, 0.25) is 0 Å². The molecule has 0 atom stereocenters. The summed E-state index contributed by atoms with van der Waals surface area (Å²) in [5.74, 6) is 0.922. The van der Waals surface area contributed by atoms with Gasteiger partial charge in [0.25, 0.3) is 5.91 Å². The highest BCUT2D eigenvalue weighted by atomic mass is 35.5. The maximum atomic E-state index is 12.5. The smallest absolute Gasteiger partial charge is 0.286 e. The molecule has 1 aromatic heterocycles. The number of halogens is 2. The van der Waals surface area contributed by atoms with E-state index in [-0.39, 0.29) is 5.91 Å². The summed E-state index contributed by atoms with van der Waals surface area (Å²) < 4.78 is 5.91. The fourth-order valence-electron chi connectivity index (χ4n) is 3.90. The highest BCUT2D eigenvalue weighted by Crippen LogP contribution is 2.35. The van der Waals surface area contributed by atoms with Crippen molar-refractivity contribution in [2.24, 2.45) is 4.99 Å². The van der Waals surface area contributed by atoms with Crippen LogP contribution in [0.25, 0.3) is 17.4 Å². The zero-order chi connectivity index (χ0) is 22.9. The number of hydrogen-bond donors (Lipinski definition) is 0. The molecule has 0 radical (unpaired) electrons. The Hall–Kier alpha value is -2.67. The first-order chi connectivity index (χ1) is 16.0. The highest BCUT2D eigenvalue weighted by molar-refractivity contribution is 8.18. The molecule has 33 heavy (non-hydrogen) atoms. The number of aryl methyl sites for hydroxylation is 1. The van der Waals surface area contributed by atoms with E-state index in [9.17, 15) is 4.79 Å². The van der Waals surface area contributed by atoms with Gasteiger partial charge in [0.05, 0.1) is 9.93 Å². The lowest BCUT2D eigenvalue weighted by Crippen LogP contribution is -2.47. The SMILES string of the molecule is Cc1cccc(N2CCN(C3=NC(=O)/C(=C\c4ccc(-c5cc(Cl)ccc5Cl)o4)S3)CC2)c1. The number of amidine groups is 1. The van der Waals surface area contributed by atoms with Gasteiger partial charge in [-0.3, -0.25) is 4.79 Å². The Morgan fingerprint density at radius 2 is 1.79 bits per heavy atom. The van der Waals surface area contributed by atoms with Crippen LogP contribution in [-0.2, 0) is 4.79 Å². The van der Waals surface area contributed by atoms with Gasteiger partial charge in [-0.05, 0) is 66.7 Å². The number of hydrogen-bond acceptors (Lipinski definition) is 5. The molecule has 0 N–H and O–H groups in total. The van der Waals surface area contributed by atoms with Gasteiger partial charge in [0.1, 0.15) is 11.5 Å². The molecule has 5 rings (SSSR count). The minimum atomic E-state index is -0.241. The normalized spacial score (nSPS) is 17.7. The van der Waals surface area contributed by atoms with E-state index in [1.807, 2.05) is 12.1 Å². The number of thioether (sulfide) groups is 1. The molecule has 2 aromatic carbocycles. The van der Waals surface area contributed by atoms with Crippen molar-refractivity contribution in [2.45, 2.75) is 6.92 Å². The predicted octanol–water partition coefficient (Wildman–Crippen LogP) is 6.35. The van der Waals surface area contributed by atoms with Gasteiger partial charge in [0, 0.05) is 48.5 Å². The molecule has 1 saturated heterocycles. The van der Waals surface area contributed by atoms with E-state index in [2.05, 4.69) is 46.0 Å². The number of carbonyl (C=O) groups is 1. The summed E-state index contributed by atoms with van der Waals surface area (Å²) >= 11 is 13.8. The van der Waals surface area contributed by atoms with Crippen molar-refractivity contribution < 1.29 is 9.21 Å². The molecule has 2 aliphatic rings. The third-order valence-corrected chi connectivity index (χ3v) is 7.23. The first-order valence-electron chi connectivity index (χ1n) is 10.6. The molecule has 0 bridgehead atoms. The molecule has 1 fully saturated rings. The minimum Gasteiger partial charge on any atom is -0.457 e. The second-order valence-electron chi connectivity index (χ2n) is 7.95. The zero-order valence-electron chi connectivity index (χ0n) is 17.9. The number of nitrogens with zero attached hydrogens (tertiary/aromatic N) is 3. The Morgan fingerprint density at radius 3 is 2.58 bits per heavy atom. The van der Waals surface area contributed by atoms with Gasteiger partial charge >= 0.3 is 0 Å². The van der Waals surface area contributed by atoms with Gasteiger partial charge in [-0.1, -0.05) is 35.3 Å². The maximum Gasteiger partial charge on any atom is 0.286 e. The molecule has 0 saturated carbocycles. The van der Waals surface area contributed by atoms with Crippen LogP contribution >= 0.6 is 35.0 Å². The van der Waals surface area contributed by atoms with Gasteiger partial charge < -0.3 is 14.2 Å². The number of amides is 1. The van der Waals surface area contributed by atoms with Crippen molar-refractivity contribution >= 4 is 57.8 Å². The number of furan rings is 1. The van der Waals surface area contributed by atoms with Crippen molar-refractivity contribution in [3.63, 3.8) is 0 Å². The molecule has 8 heteroatoms. The molecular weight excluding hydrogens is 477 g/mol. The number of carbonyl (C=O) groups excluding carboxylic acids is 1. The summed E-state index contributed by atoms with van der Waals surface area (Å²) in [5.41, 5.74) is 3.20. The topological polar surface area (TPSA) is 49.0 Å². The van der Waals surface area contributed by atoms with Crippen LogP contribution in [0, 0.1) is 6.92 Å². The molecule has 168 valence electrons. The van der Waals surface area contributed by atoms with Crippen molar-refractivity contribution in [3.8, 4) is 11.3 Å². The fourth-order valence-corrected chi connectivity index (χ4v) is 5.23. The van der Waals surface area contributed by atoms with E-state index in [1.54, 1.807) is 24.3 Å². The van der Waals surface area contributed by atoms with Crippen LogP contribution in [0.15, 0.2) is 68.9 Å². The summed E-state index contributed by atoms with van der Waals surface area (Å²) in [5, 5.41) is 1.88. The fraction of sp³-hybridized carbons (Fsp3) is 0.200. The molecule has 3 heterocycles. The zero-order valence-corrected chi connectivity index (χ0v) is 20.3. The van der Waals surface area contributed by atoms with E-state index in [4.69, 9.17) is 27.6 Å². The van der Waals surface area contributed by atoms with E-state index in [1.165, 1.54) is 23.0 Å². The van der Waals surface area contributed by atoms with Crippen molar-refractivity contribution in [3.05, 3.63) is 80.9 Å². The minimum absolute atomic E-state index is 0.241. The lowest BCUT2D eigenvalue weighted by atomic mass is 10.2. The summed E-state index contributed by atoms with van der Waals surface area (Å²) in [7, 11) is 0. The van der Waals surface area contributed by atoms with Gasteiger partial charge in [-0.2, -0.15) is 4.99 Å². The Morgan fingerprint density at radius 1 is 1.00 bits per heavy atom. The summed E-state index contributed by atoms with van der Waals surface area (Å²) in [4.78, 5) is 21.9. The van der Waals surface area contributed by atoms with Crippen molar-refractivity contribution in [2.75, 3.05) is 31.1 Å². The van der Waals surface area contributed by atoms with E-state index >= 15 is 0 Å². The maximum absolute atomic E-state index is 12.5. The Kier molecular flexibility index (Phi) is 6.23. The van der Waals surface area contributed by atoms with Crippen LogP contribution in [0.4, 0.5) is 5.69 Å². The second-order valence-corrected chi connectivity index (χ2v) is 9.80. The van der Waals surface area contributed by atoms with Crippen LogP contribution in [-0.4, -0.2) is 42.2 Å². The molecule has 0 spiro atoms. The van der Waals surface area contributed by atoms with Crippen molar-refractivity contribution in [1.82, 2.24) is 4.90 Å². The molecule has 3 aromatic rings. The Labute approximate surface area is 206 Å². The lowest BCUT2D eigenvalue weighted by Gasteiger charge is -2.36. The number of anilines is 1. The molecule has 1 amide bonds. The number of benzene rings is 2. The van der Waals surface area contributed by atoms with Crippen molar-refractivity contribution in [1.29, 1.82) is 0 Å². The standard InChI is InChI=1S/C25H21Cl2N3O2S/c1-16-3-2-4-18(13-16)29-9-11-30(12-10-29)25-28-24(31)23(33-25)15-19-6-8-22(32-19)20-14-17(26)5-7-21(20)27/h2-8,13-15H,9-12H2,1H3/b23-15+. The Balaban J connectivity index is 1.25. The summed E-state index contributed by atoms with van der Waals surface area (Å²) in [6, 6.07) is 17.4. The van der Waals surface area contributed by atoms with E-state index in [0.29, 0.717) is 32.0 Å². The number of rotatable bonds is 3. The number of aliphatic imine (C=N–C) groups is 1. The average Bonchev–Trinajstić information content (AvgIpc) is 3.42. The van der Waals surface area contributed by atoms with Crippen LogP contribution < -0.4 is 4.90 Å². The lowest BCUT2D eigenvalue weighted by molar-refractivity contribution is -0.113. The second kappa shape index (κ2) is 9.29. The highest BCUT2D eigenvalue weighted by Gasteiger charge is 2.29. The summed E-state index contributed by atoms with van der Waals surface area (Å²) in [6.45, 7) is 5.52. The summed E-state index contributed by atoms with van der Waals surface area (Å²) in [6.07, 6.45) is 1.73. The van der Waals surface area contributed by atoms with Gasteiger partial charge in [-0.15, -0.1) is 0 Å². The third-order valence-electron chi connectivity index (χ3n) is 5.62. The van der Waals surface area contributed by atoms with E-state index < -0.39 is 0 Å². The quantitative estimate of drug-likeness (QED) is 0.394. The molecule has 0 unspecified atom stereocenters. The first-order valence-corrected chi connectivity index (χ1v) is 12.2. The van der Waals surface area contributed by atoms with Gasteiger partial charge in [-0.25, -0.2) is 0 Å². The largest absolute Gasteiger partial charge is 0.457 e.